The van der Waals surface area contributed by atoms with Crippen LogP contribution >= 0.6 is 0 Å². The summed E-state index contributed by atoms with van der Waals surface area (Å²) in [5, 5.41) is 0. The van der Waals surface area contributed by atoms with Gasteiger partial charge in [-0.15, -0.1) is 0 Å². The van der Waals surface area contributed by atoms with Crippen molar-refractivity contribution in [2.24, 2.45) is 11.7 Å². The van der Waals surface area contributed by atoms with Crippen LogP contribution in [0.4, 0.5) is 0 Å². The Kier molecular flexibility index (Phi) is 5.78. The standard InChI is InChI=1S/C15H26N2O3S/c1-11(2)9-15(4,10-16)17-21(18,19)13-6-7-14(20-5)12(3)8-13/h6-8,11,17H,9-10,16H2,1-5H3. The number of hydrogen-bond acceptors (Lipinski definition) is 4. The van der Waals surface area contributed by atoms with Crippen molar-refractivity contribution in [2.75, 3.05) is 13.7 Å². The van der Waals surface area contributed by atoms with Gasteiger partial charge in [0.25, 0.3) is 0 Å². The molecule has 120 valence electrons. The third-order valence-electron chi connectivity index (χ3n) is 3.37. The van der Waals surface area contributed by atoms with E-state index in [4.69, 9.17) is 10.5 Å². The van der Waals surface area contributed by atoms with Crippen molar-refractivity contribution in [1.82, 2.24) is 4.72 Å². The number of methoxy groups -OCH3 is 1. The summed E-state index contributed by atoms with van der Waals surface area (Å²) < 4.78 is 33.0. The summed E-state index contributed by atoms with van der Waals surface area (Å²) in [5.74, 6) is 1.01. The van der Waals surface area contributed by atoms with Gasteiger partial charge >= 0.3 is 0 Å². The van der Waals surface area contributed by atoms with Crippen molar-refractivity contribution in [3.8, 4) is 5.75 Å². The third kappa shape index (κ3) is 4.69. The Bertz CT molecular complexity index is 585. The lowest BCUT2D eigenvalue weighted by Crippen LogP contribution is -2.51. The highest BCUT2D eigenvalue weighted by Crippen LogP contribution is 2.23. The van der Waals surface area contributed by atoms with E-state index in [9.17, 15) is 8.42 Å². The van der Waals surface area contributed by atoms with Gasteiger partial charge in [0.15, 0.2) is 0 Å². The molecule has 0 fully saturated rings. The highest BCUT2D eigenvalue weighted by molar-refractivity contribution is 7.89. The van der Waals surface area contributed by atoms with Crippen LogP contribution in [0.5, 0.6) is 5.75 Å². The minimum atomic E-state index is -3.61. The van der Waals surface area contributed by atoms with E-state index < -0.39 is 15.6 Å². The van der Waals surface area contributed by atoms with Crippen molar-refractivity contribution in [2.45, 2.75) is 44.6 Å². The van der Waals surface area contributed by atoms with Crippen molar-refractivity contribution >= 4 is 10.0 Å². The molecule has 0 aliphatic carbocycles. The number of nitrogens with one attached hydrogen (secondary N) is 1. The maximum Gasteiger partial charge on any atom is 0.241 e. The molecule has 0 radical (unpaired) electrons. The molecular weight excluding hydrogens is 288 g/mol. The monoisotopic (exact) mass is 314 g/mol. The molecule has 1 aromatic rings. The first-order valence-corrected chi connectivity index (χ1v) is 8.50. The molecule has 3 N–H and O–H groups in total. The summed E-state index contributed by atoms with van der Waals surface area (Å²) in [4.78, 5) is 0.226. The van der Waals surface area contributed by atoms with Gasteiger partial charge in [-0.1, -0.05) is 13.8 Å². The van der Waals surface area contributed by atoms with E-state index >= 15 is 0 Å². The van der Waals surface area contributed by atoms with Crippen molar-refractivity contribution < 1.29 is 13.2 Å². The van der Waals surface area contributed by atoms with Gasteiger partial charge in [0.2, 0.25) is 10.0 Å². The summed E-state index contributed by atoms with van der Waals surface area (Å²) in [6.45, 7) is 7.98. The van der Waals surface area contributed by atoms with E-state index in [1.165, 1.54) is 0 Å². The molecule has 0 aromatic heterocycles. The molecule has 6 heteroatoms. The first-order valence-electron chi connectivity index (χ1n) is 7.02. The van der Waals surface area contributed by atoms with E-state index in [1.54, 1.807) is 25.3 Å². The molecule has 0 aliphatic rings. The minimum absolute atomic E-state index is 0.226. The molecule has 1 rings (SSSR count). The van der Waals surface area contributed by atoms with Gasteiger partial charge in [0, 0.05) is 12.1 Å². The van der Waals surface area contributed by atoms with E-state index in [1.807, 2.05) is 27.7 Å². The van der Waals surface area contributed by atoms with Gasteiger partial charge in [-0.2, -0.15) is 0 Å². The summed E-state index contributed by atoms with van der Waals surface area (Å²) in [6, 6.07) is 4.81. The Morgan fingerprint density at radius 3 is 2.43 bits per heavy atom. The number of aryl methyl sites for hydroxylation is 1. The quantitative estimate of drug-likeness (QED) is 0.807. The second-order valence-electron chi connectivity index (χ2n) is 6.10. The smallest absolute Gasteiger partial charge is 0.241 e. The molecule has 1 unspecified atom stereocenters. The van der Waals surface area contributed by atoms with Gasteiger partial charge in [-0.25, -0.2) is 13.1 Å². The molecule has 0 heterocycles. The Morgan fingerprint density at radius 2 is 2.00 bits per heavy atom. The van der Waals surface area contributed by atoms with Crippen LogP contribution < -0.4 is 15.2 Å². The summed E-state index contributed by atoms with van der Waals surface area (Å²) >= 11 is 0. The number of rotatable bonds is 7. The lowest BCUT2D eigenvalue weighted by Gasteiger charge is -2.30. The van der Waals surface area contributed by atoms with Crippen LogP contribution in [-0.2, 0) is 10.0 Å². The molecule has 0 amide bonds. The number of sulfonamides is 1. The fourth-order valence-corrected chi connectivity index (χ4v) is 3.98. The predicted molar refractivity (Wildman–Crippen MR) is 85.0 cm³/mol. The molecule has 0 spiro atoms. The normalized spacial score (nSPS) is 15.0. The molecule has 0 saturated heterocycles. The van der Waals surface area contributed by atoms with Gasteiger partial charge in [0.05, 0.1) is 12.0 Å². The second kappa shape index (κ2) is 6.77. The third-order valence-corrected chi connectivity index (χ3v) is 5.00. The summed E-state index contributed by atoms with van der Waals surface area (Å²) in [7, 11) is -2.05. The van der Waals surface area contributed by atoms with Crippen molar-refractivity contribution in [1.29, 1.82) is 0 Å². The summed E-state index contributed by atoms with van der Waals surface area (Å²) in [5.41, 5.74) is 5.89. The topological polar surface area (TPSA) is 81.4 Å². The molecule has 5 nitrogen and oxygen atoms in total. The highest BCUT2D eigenvalue weighted by atomic mass is 32.2. The van der Waals surface area contributed by atoms with Crippen LogP contribution in [0.15, 0.2) is 23.1 Å². The van der Waals surface area contributed by atoms with Crippen LogP contribution in [0.25, 0.3) is 0 Å². The van der Waals surface area contributed by atoms with Crippen LogP contribution in [0, 0.1) is 12.8 Å². The lowest BCUT2D eigenvalue weighted by molar-refractivity contribution is 0.344. The summed E-state index contributed by atoms with van der Waals surface area (Å²) in [6.07, 6.45) is 0.678. The second-order valence-corrected chi connectivity index (χ2v) is 7.78. The van der Waals surface area contributed by atoms with Gasteiger partial charge in [-0.05, 0) is 49.9 Å². The van der Waals surface area contributed by atoms with Crippen LogP contribution in [0.2, 0.25) is 0 Å². The lowest BCUT2D eigenvalue weighted by atomic mass is 9.92. The van der Waals surface area contributed by atoms with E-state index in [0.717, 1.165) is 5.56 Å². The maximum absolute atomic E-state index is 12.5. The first-order chi connectivity index (χ1) is 9.63. The maximum atomic E-state index is 12.5. The Hall–Kier alpha value is -1.11. The van der Waals surface area contributed by atoms with Gasteiger partial charge in [-0.3, -0.25) is 0 Å². The molecule has 21 heavy (non-hydrogen) atoms. The molecule has 0 saturated carbocycles. The molecule has 1 atom stereocenters. The van der Waals surface area contributed by atoms with Gasteiger partial charge < -0.3 is 10.5 Å². The Labute approximate surface area is 127 Å². The van der Waals surface area contributed by atoms with Crippen LogP contribution in [0.1, 0.15) is 32.8 Å². The predicted octanol–water partition coefficient (Wildman–Crippen LogP) is 2.05. The largest absolute Gasteiger partial charge is 0.496 e. The first kappa shape index (κ1) is 17.9. The zero-order chi connectivity index (χ0) is 16.3. The molecule has 0 aliphatic heterocycles. The average Bonchev–Trinajstić information content (AvgIpc) is 2.37. The van der Waals surface area contributed by atoms with Crippen LogP contribution in [-0.4, -0.2) is 27.6 Å². The van der Waals surface area contributed by atoms with E-state index in [-0.39, 0.29) is 11.4 Å². The van der Waals surface area contributed by atoms with Crippen LogP contribution in [0.3, 0.4) is 0 Å². The Balaban J connectivity index is 3.08. The van der Waals surface area contributed by atoms with E-state index in [0.29, 0.717) is 18.1 Å². The fourth-order valence-electron chi connectivity index (χ4n) is 2.47. The molecular formula is C15H26N2O3S. The number of nitrogens with two attached hydrogens (primary N) is 1. The number of hydrogen-bond donors (Lipinski definition) is 2. The Morgan fingerprint density at radius 1 is 1.38 bits per heavy atom. The zero-order valence-electron chi connectivity index (χ0n) is 13.4. The average molecular weight is 314 g/mol. The fraction of sp³-hybridized carbons (Fsp3) is 0.600. The molecule has 0 bridgehead atoms. The zero-order valence-corrected chi connectivity index (χ0v) is 14.3. The minimum Gasteiger partial charge on any atom is -0.496 e. The molecule has 1 aromatic carbocycles. The van der Waals surface area contributed by atoms with E-state index in [2.05, 4.69) is 4.72 Å². The van der Waals surface area contributed by atoms with Gasteiger partial charge in [0.1, 0.15) is 5.75 Å². The SMILES string of the molecule is COc1ccc(S(=O)(=O)NC(C)(CN)CC(C)C)cc1C. The highest BCUT2D eigenvalue weighted by Gasteiger charge is 2.30. The number of ether oxygens (including phenoxy) is 1. The van der Waals surface area contributed by atoms with Crippen molar-refractivity contribution in [3.05, 3.63) is 23.8 Å². The number of benzene rings is 1. The van der Waals surface area contributed by atoms with Crippen molar-refractivity contribution in [3.63, 3.8) is 0 Å².